The van der Waals surface area contributed by atoms with Crippen molar-refractivity contribution in [2.75, 3.05) is 0 Å². The van der Waals surface area contributed by atoms with Crippen LogP contribution in [0.3, 0.4) is 0 Å². The Bertz CT molecular complexity index is 235. The standard InChI is InChI=1S/C7H7BrN2/c1-9-7-4-6(5-8)2-3-10-7/h2-4H,1,5H2. The van der Waals surface area contributed by atoms with Crippen LogP contribution in [-0.2, 0) is 5.33 Å². The summed E-state index contributed by atoms with van der Waals surface area (Å²) in [5, 5.41) is 0.831. The Morgan fingerprint density at radius 2 is 2.50 bits per heavy atom. The van der Waals surface area contributed by atoms with Gasteiger partial charge in [-0.3, -0.25) is 0 Å². The largest absolute Gasteiger partial charge is 0.245 e. The molecule has 52 valence electrons. The molecule has 1 rings (SSSR count). The zero-order chi connectivity index (χ0) is 7.40. The van der Waals surface area contributed by atoms with Gasteiger partial charge < -0.3 is 0 Å². The molecule has 0 fully saturated rings. The number of nitrogens with zero attached hydrogens (tertiary/aromatic N) is 2. The molecule has 0 saturated carbocycles. The topological polar surface area (TPSA) is 25.2 Å². The molecular formula is C7H7BrN2. The van der Waals surface area contributed by atoms with Gasteiger partial charge in [-0.2, -0.15) is 0 Å². The smallest absolute Gasteiger partial charge is 0.151 e. The SMILES string of the molecule is C=Nc1cc(CBr)ccn1. The first-order valence-corrected chi connectivity index (χ1v) is 3.96. The third-order valence-electron chi connectivity index (χ3n) is 1.13. The van der Waals surface area contributed by atoms with Gasteiger partial charge in [-0.25, -0.2) is 9.98 Å². The van der Waals surface area contributed by atoms with E-state index in [1.807, 2.05) is 12.1 Å². The second-order valence-electron chi connectivity index (χ2n) is 1.81. The summed E-state index contributed by atoms with van der Waals surface area (Å²) in [6.07, 6.45) is 1.72. The van der Waals surface area contributed by atoms with Crippen molar-refractivity contribution in [1.29, 1.82) is 0 Å². The van der Waals surface area contributed by atoms with E-state index in [0.29, 0.717) is 5.82 Å². The van der Waals surface area contributed by atoms with Gasteiger partial charge in [0.25, 0.3) is 0 Å². The molecule has 0 aliphatic rings. The zero-order valence-electron chi connectivity index (χ0n) is 5.42. The molecule has 10 heavy (non-hydrogen) atoms. The molecule has 0 N–H and O–H groups in total. The lowest BCUT2D eigenvalue weighted by molar-refractivity contribution is 1.25. The predicted molar refractivity (Wildman–Crippen MR) is 46.1 cm³/mol. The minimum absolute atomic E-state index is 0.678. The molecule has 0 radical (unpaired) electrons. The van der Waals surface area contributed by atoms with Crippen LogP contribution in [0.2, 0.25) is 0 Å². The van der Waals surface area contributed by atoms with Crippen molar-refractivity contribution in [2.24, 2.45) is 4.99 Å². The van der Waals surface area contributed by atoms with Crippen molar-refractivity contribution in [1.82, 2.24) is 4.98 Å². The summed E-state index contributed by atoms with van der Waals surface area (Å²) in [7, 11) is 0. The summed E-state index contributed by atoms with van der Waals surface area (Å²) >= 11 is 3.33. The highest BCUT2D eigenvalue weighted by Crippen LogP contribution is 2.11. The lowest BCUT2D eigenvalue weighted by Gasteiger charge is -1.94. The van der Waals surface area contributed by atoms with Crippen LogP contribution in [-0.4, -0.2) is 11.7 Å². The quantitative estimate of drug-likeness (QED) is 0.529. The van der Waals surface area contributed by atoms with Crippen molar-refractivity contribution in [3.63, 3.8) is 0 Å². The molecule has 0 spiro atoms. The average Bonchev–Trinajstić information content (AvgIpc) is 2.05. The molecule has 0 atom stereocenters. The monoisotopic (exact) mass is 198 g/mol. The number of aromatic nitrogens is 1. The highest BCUT2D eigenvalue weighted by Gasteiger charge is 1.90. The molecule has 0 aromatic carbocycles. The molecule has 0 saturated heterocycles. The van der Waals surface area contributed by atoms with E-state index in [-0.39, 0.29) is 0 Å². The van der Waals surface area contributed by atoms with Crippen LogP contribution in [0.15, 0.2) is 23.3 Å². The van der Waals surface area contributed by atoms with Crippen LogP contribution in [0.4, 0.5) is 5.82 Å². The maximum atomic E-state index is 3.96. The number of hydrogen-bond donors (Lipinski definition) is 0. The summed E-state index contributed by atoms with van der Waals surface area (Å²) in [6, 6.07) is 3.82. The lowest BCUT2D eigenvalue weighted by Crippen LogP contribution is -1.77. The van der Waals surface area contributed by atoms with Crippen molar-refractivity contribution in [3.05, 3.63) is 23.9 Å². The summed E-state index contributed by atoms with van der Waals surface area (Å²) in [6.45, 7) is 3.38. The van der Waals surface area contributed by atoms with Crippen LogP contribution in [0.25, 0.3) is 0 Å². The number of hydrogen-bond acceptors (Lipinski definition) is 2. The van der Waals surface area contributed by atoms with Crippen molar-refractivity contribution in [3.8, 4) is 0 Å². The Morgan fingerprint density at radius 1 is 1.70 bits per heavy atom. The molecule has 1 heterocycles. The molecule has 0 amide bonds. The second kappa shape index (κ2) is 3.46. The molecule has 1 aromatic heterocycles. The van der Waals surface area contributed by atoms with E-state index in [2.05, 4.69) is 32.6 Å². The van der Waals surface area contributed by atoms with E-state index >= 15 is 0 Å². The number of aliphatic imine (C=N–C) groups is 1. The van der Waals surface area contributed by atoms with Crippen LogP contribution in [0.1, 0.15) is 5.56 Å². The van der Waals surface area contributed by atoms with Crippen LogP contribution in [0.5, 0.6) is 0 Å². The molecule has 2 nitrogen and oxygen atoms in total. The van der Waals surface area contributed by atoms with Gasteiger partial charge in [-0.05, 0) is 24.4 Å². The molecule has 0 aliphatic carbocycles. The molecule has 0 aliphatic heterocycles. The first-order valence-electron chi connectivity index (χ1n) is 2.84. The Hall–Kier alpha value is -0.700. The van der Waals surface area contributed by atoms with Gasteiger partial charge in [-0.15, -0.1) is 0 Å². The van der Waals surface area contributed by atoms with Crippen LogP contribution < -0.4 is 0 Å². The minimum atomic E-state index is 0.678. The van der Waals surface area contributed by atoms with E-state index in [9.17, 15) is 0 Å². The summed E-state index contributed by atoms with van der Waals surface area (Å²) in [5.41, 5.74) is 1.16. The predicted octanol–water partition coefficient (Wildman–Crippen LogP) is 2.31. The van der Waals surface area contributed by atoms with Gasteiger partial charge >= 0.3 is 0 Å². The third-order valence-corrected chi connectivity index (χ3v) is 1.77. The normalized spacial score (nSPS) is 9.30. The first-order chi connectivity index (χ1) is 4.86. The highest BCUT2D eigenvalue weighted by molar-refractivity contribution is 9.08. The van der Waals surface area contributed by atoms with E-state index < -0.39 is 0 Å². The molecule has 0 unspecified atom stereocenters. The number of rotatable bonds is 2. The van der Waals surface area contributed by atoms with E-state index in [0.717, 1.165) is 10.9 Å². The number of pyridine rings is 1. The Kier molecular flexibility index (Phi) is 2.57. The van der Waals surface area contributed by atoms with Gasteiger partial charge in [0, 0.05) is 11.5 Å². The highest BCUT2D eigenvalue weighted by atomic mass is 79.9. The molecule has 1 aromatic rings. The minimum Gasteiger partial charge on any atom is -0.245 e. The molecule has 0 bridgehead atoms. The Balaban J connectivity index is 2.98. The van der Waals surface area contributed by atoms with Gasteiger partial charge in [0.05, 0.1) is 0 Å². The van der Waals surface area contributed by atoms with Gasteiger partial charge in [0.15, 0.2) is 5.82 Å². The molecular weight excluding hydrogens is 192 g/mol. The van der Waals surface area contributed by atoms with Gasteiger partial charge in [-0.1, -0.05) is 15.9 Å². The van der Waals surface area contributed by atoms with E-state index in [1.54, 1.807) is 6.20 Å². The number of halogens is 1. The molecule has 3 heteroatoms. The van der Waals surface area contributed by atoms with E-state index in [4.69, 9.17) is 0 Å². The second-order valence-corrected chi connectivity index (χ2v) is 2.37. The fraction of sp³-hybridized carbons (Fsp3) is 0.143. The summed E-state index contributed by atoms with van der Waals surface area (Å²) in [4.78, 5) is 7.65. The third kappa shape index (κ3) is 1.64. The van der Waals surface area contributed by atoms with Crippen LogP contribution in [0, 0.1) is 0 Å². The summed E-state index contributed by atoms with van der Waals surface area (Å²) < 4.78 is 0. The Labute approximate surface area is 68.1 Å². The number of alkyl halides is 1. The van der Waals surface area contributed by atoms with Crippen molar-refractivity contribution >= 4 is 28.5 Å². The maximum Gasteiger partial charge on any atom is 0.151 e. The van der Waals surface area contributed by atoms with Gasteiger partial charge in [0.1, 0.15) is 0 Å². The van der Waals surface area contributed by atoms with Crippen LogP contribution >= 0.6 is 15.9 Å². The first kappa shape index (κ1) is 7.41. The fourth-order valence-corrected chi connectivity index (χ4v) is 0.979. The van der Waals surface area contributed by atoms with Gasteiger partial charge in [0.2, 0.25) is 0 Å². The fourth-order valence-electron chi connectivity index (χ4n) is 0.630. The van der Waals surface area contributed by atoms with Crippen molar-refractivity contribution in [2.45, 2.75) is 5.33 Å². The Morgan fingerprint density at radius 3 is 3.10 bits per heavy atom. The zero-order valence-corrected chi connectivity index (χ0v) is 7.00. The van der Waals surface area contributed by atoms with Crippen molar-refractivity contribution < 1.29 is 0 Å². The van der Waals surface area contributed by atoms with E-state index in [1.165, 1.54) is 0 Å². The summed E-state index contributed by atoms with van der Waals surface area (Å²) in [5.74, 6) is 0.678. The maximum absolute atomic E-state index is 3.96. The average molecular weight is 199 g/mol. The lowest BCUT2D eigenvalue weighted by atomic mass is 10.3.